The van der Waals surface area contributed by atoms with Gasteiger partial charge in [0.05, 0.1) is 12.1 Å². The lowest BCUT2D eigenvalue weighted by atomic mass is 10.0. The zero-order valence-corrected chi connectivity index (χ0v) is 17.0. The molecule has 3 N–H and O–H groups in total. The van der Waals surface area contributed by atoms with Crippen LogP contribution in [0.1, 0.15) is 40.7 Å². The van der Waals surface area contributed by atoms with Gasteiger partial charge in [-0.2, -0.15) is 5.26 Å². The number of primary amides is 1. The Balaban J connectivity index is 2.17. The molecule has 1 amide bonds. The number of aliphatic carboxylic acids is 1. The van der Waals surface area contributed by atoms with E-state index in [1.807, 2.05) is 6.07 Å². The van der Waals surface area contributed by atoms with Crippen molar-refractivity contribution in [2.75, 3.05) is 18.5 Å². The Bertz CT molecular complexity index is 1070. The zero-order valence-electron chi connectivity index (χ0n) is 16.2. The molecule has 0 bridgehead atoms. The molecule has 152 valence electrons. The largest absolute Gasteiger partial charge is 0.480 e. The van der Waals surface area contributed by atoms with E-state index in [4.69, 9.17) is 12.3 Å². The fraction of sp³-hybridized carbons (Fsp3) is 0.286. The van der Waals surface area contributed by atoms with Crippen LogP contribution in [-0.4, -0.2) is 35.6 Å². The number of amides is 1. The molecule has 0 saturated heterocycles. The SMILES string of the molecule is [C-]#[N+]c1c(N(C)CC(=O)O)nc(SC(C(N)=O)c2ccccc2)c(C#N)c1C1CC1. The summed E-state index contributed by atoms with van der Waals surface area (Å²) in [5.41, 5.74) is 7.32. The maximum Gasteiger partial charge on any atom is 0.323 e. The highest BCUT2D eigenvalue weighted by Crippen LogP contribution is 2.51. The molecule has 1 atom stereocenters. The Morgan fingerprint density at radius 3 is 2.60 bits per heavy atom. The number of aromatic nitrogens is 1. The third-order valence-electron chi connectivity index (χ3n) is 4.69. The molecule has 9 heteroatoms. The molecule has 0 aliphatic heterocycles. The second-order valence-corrected chi connectivity index (χ2v) is 8.03. The molecular weight excluding hydrogens is 402 g/mol. The van der Waals surface area contributed by atoms with Gasteiger partial charge in [0.25, 0.3) is 0 Å². The number of hydrogen-bond donors (Lipinski definition) is 2. The highest BCUT2D eigenvalue weighted by Gasteiger charge is 2.35. The van der Waals surface area contributed by atoms with E-state index in [1.165, 1.54) is 11.9 Å². The quantitative estimate of drug-likeness (QED) is 0.495. The standard InChI is InChI=1S/C21H19N5O3S/c1-24-17-16(12-8-9-12)14(10-22)21(25-20(17)26(2)11-15(27)28)30-18(19(23)29)13-6-4-3-5-7-13/h3-7,12,18H,8-9,11H2,2H3,(H2,23,29)(H,27,28). The van der Waals surface area contributed by atoms with Crippen molar-refractivity contribution in [2.45, 2.75) is 29.0 Å². The summed E-state index contributed by atoms with van der Waals surface area (Å²) in [6.45, 7) is 7.28. The summed E-state index contributed by atoms with van der Waals surface area (Å²) in [5.74, 6) is -1.42. The lowest BCUT2D eigenvalue weighted by Gasteiger charge is -2.22. The number of hydrogen-bond acceptors (Lipinski definition) is 6. The maximum absolute atomic E-state index is 12.2. The van der Waals surface area contributed by atoms with Gasteiger partial charge in [0.1, 0.15) is 28.7 Å². The molecule has 1 aliphatic carbocycles. The van der Waals surface area contributed by atoms with Crippen molar-refractivity contribution in [3.63, 3.8) is 0 Å². The lowest BCUT2D eigenvalue weighted by Crippen LogP contribution is -2.26. The normalized spacial score (nSPS) is 13.7. The van der Waals surface area contributed by atoms with Gasteiger partial charge in [0.2, 0.25) is 11.6 Å². The number of likely N-dealkylation sites (N-methyl/N-ethyl adjacent to an activating group) is 1. The van der Waals surface area contributed by atoms with Crippen LogP contribution in [-0.2, 0) is 9.59 Å². The molecule has 0 spiro atoms. The van der Waals surface area contributed by atoms with E-state index in [2.05, 4.69) is 15.9 Å². The van der Waals surface area contributed by atoms with Gasteiger partial charge in [0.15, 0.2) is 0 Å². The van der Waals surface area contributed by atoms with Gasteiger partial charge in [-0.15, -0.1) is 0 Å². The molecule has 0 radical (unpaired) electrons. The van der Waals surface area contributed by atoms with Crippen molar-refractivity contribution < 1.29 is 14.7 Å². The van der Waals surface area contributed by atoms with Crippen LogP contribution in [0, 0.1) is 17.9 Å². The number of anilines is 1. The number of pyridine rings is 1. The van der Waals surface area contributed by atoms with Crippen LogP contribution in [0.15, 0.2) is 35.4 Å². The Hall–Kier alpha value is -3.56. The van der Waals surface area contributed by atoms with Crippen LogP contribution < -0.4 is 10.6 Å². The molecular formula is C21H19N5O3S. The van der Waals surface area contributed by atoms with Crippen molar-refractivity contribution >= 4 is 35.1 Å². The van der Waals surface area contributed by atoms with Gasteiger partial charge in [0, 0.05) is 7.05 Å². The first kappa shape index (κ1) is 21.2. The Morgan fingerprint density at radius 2 is 2.10 bits per heavy atom. The highest BCUT2D eigenvalue weighted by atomic mass is 32.2. The first-order valence-corrected chi connectivity index (χ1v) is 10.0. The van der Waals surface area contributed by atoms with Gasteiger partial charge in [-0.3, -0.25) is 9.59 Å². The second kappa shape index (κ2) is 8.85. The average molecular weight is 421 g/mol. The van der Waals surface area contributed by atoms with E-state index >= 15 is 0 Å². The summed E-state index contributed by atoms with van der Waals surface area (Å²) < 4.78 is 0. The van der Waals surface area contributed by atoms with Crippen molar-refractivity contribution in [2.24, 2.45) is 5.73 Å². The van der Waals surface area contributed by atoms with Crippen LogP contribution in [0.4, 0.5) is 11.5 Å². The predicted octanol–water partition coefficient (Wildman–Crippen LogP) is 3.22. The monoisotopic (exact) mass is 421 g/mol. The van der Waals surface area contributed by atoms with E-state index < -0.39 is 17.1 Å². The summed E-state index contributed by atoms with van der Waals surface area (Å²) in [6, 6.07) is 11.1. The topological polar surface area (TPSA) is 125 Å². The number of benzene rings is 1. The van der Waals surface area contributed by atoms with E-state index in [0.717, 1.165) is 24.6 Å². The summed E-state index contributed by atoms with van der Waals surface area (Å²) in [6.07, 6.45) is 1.68. The molecule has 2 aromatic rings. The fourth-order valence-corrected chi connectivity index (χ4v) is 4.25. The van der Waals surface area contributed by atoms with Gasteiger partial charge in [-0.1, -0.05) is 42.1 Å². The number of nitriles is 1. The van der Waals surface area contributed by atoms with Crippen molar-refractivity contribution in [1.82, 2.24) is 4.98 Å². The molecule has 3 rings (SSSR count). The Morgan fingerprint density at radius 1 is 1.43 bits per heavy atom. The molecule has 1 aliphatic rings. The Kier molecular flexibility index (Phi) is 6.24. The molecule has 1 unspecified atom stereocenters. The van der Waals surface area contributed by atoms with E-state index in [1.54, 1.807) is 24.3 Å². The summed E-state index contributed by atoms with van der Waals surface area (Å²) in [5, 5.41) is 18.5. The highest BCUT2D eigenvalue weighted by molar-refractivity contribution is 8.00. The minimum absolute atomic E-state index is 0.0480. The number of carbonyl (C=O) groups excluding carboxylic acids is 1. The van der Waals surface area contributed by atoms with Gasteiger partial charge in [-0.05, 0) is 29.9 Å². The number of carboxylic acids is 1. The summed E-state index contributed by atoms with van der Waals surface area (Å²) in [4.78, 5) is 32.8. The number of rotatable bonds is 8. The van der Waals surface area contributed by atoms with Gasteiger partial charge >= 0.3 is 5.97 Å². The van der Waals surface area contributed by atoms with Gasteiger partial charge < -0.3 is 15.7 Å². The fourth-order valence-electron chi connectivity index (χ4n) is 3.21. The van der Waals surface area contributed by atoms with Gasteiger partial charge in [-0.25, -0.2) is 9.83 Å². The molecule has 1 aromatic carbocycles. The first-order chi connectivity index (χ1) is 14.4. The number of carbonyl (C=O) groups is 2. The third kappa shape index (κ3) is 4.37. The van der Waals surface area contributed by atoms with Crippen LogP contribution in [0.2, 0.25) is 0 Å². The first-order valence-electron chi connectivity index (χ1n) is 9.16. The molecule has 1 fully saturated rings. The molecule has 1 aromatic heterocycles. The summed E-state index contributed by atoms with van der Waals surface area (Å²) >= 11 is 1.04. The number of carboxylic acid groups (broad SMARTS) is 1. The summed E-state index contributed by atoms with van der Waals surface area (Å²) in [7, 11) is 1.53. The zero-order chi connectivity index (χ0) is 21.8. The van der Waals surface area contributed by atoms with Crippen LogP contribution in [0.3, 0.4) is 0 Å². The molecule has 8 nitrogen and oxygen atoms in total. The van der Waals surface area contributed by atoms with Crippen LogP contribution in [0.5, 0.6) is 0 Å². The maximum atomic E-state index is 12.2. The third-order valence-corrected chi connectivity index (χ3v) is 5.95. The van der Waals surface area contributed by atoms with E-state index in [-0.39, 0.29) is 34.6 Å². The number of thioether (sulfide) groups is 1. The predicted molar refractivity (Wildman–Crippen MR) is 112 cm³/mol. The second-order valence-electron chi connectivity index (χ2n) is 6.94. The smallest absolute Gasteiger partial charge is 0.323 e. The number of nitrogens with two attached hydrogens (primary N) is 1. The van der Waals surface area contributed by atoms with Crippen molar-refractivity contribution in [3.05, 3.63) is 58.4 Å². The molecule has 1 heterocycles. The molecule has 30 heavy (non-hydrogen) atoms. The van der Waals surface area contributed by atoms with E-state index in [0.29, 0.717) is 11.1 Å². The van der Waals surface area contributed by atoms with E-state index in [9.17, 15) is 20.0 Å². The molecule has 1 saturated carbocycles. The van der Waals surface area contributed by atoms with Crippen molar-refractivity contribution in [1.29, 1.82) is 5.26 Å². The minimum Gasteiger partial charge on any atom is -0.480 e. The number of nitrogens with zero attached hydrogens (tertiary/aromatic N) is 4. The van der Waals surface area contributed by atoms with Crippen molar-refractivity contribution in [3.8, 4) is 6.07 Å². The minimum atomic E-state index is -1.07. The van der Waals surface area contributed by atoms with Crippen LogP contribution in [0.25, 0.3) is 4.85 Å². The van der Waals surface area contributed by atoms with Crippen LogP contribution >= 0.6 is 11.8 Å². The lowest BCUT2D eigenvalue weighted by molar-refractivity contribution is -0.135. The average Bonchev–Trinajstić information content (AvgIpc) is 3.55. The Labute approximate surface area is 178 Å².